The van der Waals surface area contributed by atoms with Crippen molar-refractivity contribution in [2.45, 2.75) is 49.0 Å². The molecule has 6 heteroatoms. The van der Waals surface area contributed by atoms with Crippen molar-refractivity contribution in [3.05, 3.63) is 0 Å². The molecule has 0 aliphatic carbocycles. The molecule has 4 nitrogen and oxygen atoms in total. The Morgan fingerprint density at radius 3 is 1.80 bits per heavy atom. The molecule has 0 spiro atoms. The van der Waals surface area contributed by atoms with Gasteiger partial charge >= 0.3 is 11.9 Å². The molecule has 0 saturated carbocycles. The largest absolute Gasteiger partial charge is 0.469 e. The third-order valence-electron chi connectivity index (χ3n) is 3.35. The van der Waals surface area contributed by atoms with Crippen molar-refractivity contribution in [3.8, 4) is 0 Å². The number of hydrogen-bond donors (Lipinski definition) is 0. The minimum Gasteiger partial charge on any atom is -0.469 e. The highest BCUT2D eigenvalue weighted by molar-refractivity contribution is 8.18. The molecule has 0 aromatic carbocycles. The second-order valence-electron chi connectivity index (χ2n) is 4.82. The second kappa shape index (κ2) is 9.55. The summed E-state index contributed by atoms with van der Waals surface area (Å²) in [6, 6.07) is 0. The van der Waals surface area contributed by atoms with Crippen LogP contribution in [0.5, 0.6) is 0 Å². The van der Waals surface area contributed by atoms with E-state index >= 15 is 0 Å². The van der Waals surface area contributed by atoms with Crippen molar-refractivity contribution in [2.24, 2.45) is 0 Å². The first-order chi connectivity index (χ1) is 9.62. The predicted molar refractivity (Wildman–Crippen MR) is 84.0 cm³/mol. The van der Waals surface area contributed by atoms with Crippen LogP contribution in [0.3, 0.4) is 0 Å². The van der Waals surface area contributed by atoms with Gasteiger partial charge in [0, 0.05) is 12.8 Å². The minimum absolute atomic E-state index is 0.138. The number of ether oxygens (including phenoxy) is 2. The summed E-state index contributed by atoms with van der Waals surface area (Å²) >= 11 is 3.98. The first-order valence-electron chi connectivity index (χ1n) is 7.03. The Balaban J connectivity index is 2.40. The van der Waals surface area contributed by atoms with E-state index in [-0.39, 0.29) is 16.0 Å². The van der Waals surface area contributed by atoms with Gasteiger partial charge in [-0.15, -0.1) is 23.5 Å². The molecule has 0 bridgehead atoms. The molecule has 0 amide bonds. The van der Waals surface area contributed by atoms with Crippen LogP contribution < -0.4 is 0 Å². The van der Waals surface area contributed by atoms with Crippen LogP contribution in [0.25, 0.3) is 0 Å². The summed E-state index contributed by atoms with van der Waals surface area (Å²) in [5.74, 6) is 2.06. The van der Waals surface area contributed by atoms with E-state index in [1.165, 1.54) is 32.1 Å². The van der Waals surface area contributed by atoms with Gasteiger partial charge in [-0.3, -0.25) is 9.59 Å². The molecule has 116 valence electrons. The van der Waals surface area contributed by atoms with Crippen LogP contribution >= 0.6 is 23.5 Å². The molecular formula is C14H24O4S2. The van der Waals surface area contributed by atoms with Gasteiger partial charge in [0.2, 0.25) is 0 Å². The molecule has 1 rings (SSSR count). The number of esters is 2. The lowest BCUT2D eigenvalue weighted by Gasteiger charge is -2.36. The van der Waals surface area contributed by atoms with E-state index in [2.05, 4.69) is 9.47 Å². The quantitative estimate of drug-likeness (QED) is 0.640. The van der Waals surface area contributed by atoms with Gasteiger partial charge in [0.15, 0.2) is 0 Å². The van der Waals surface area contributed by atoms with Crippen LogP contribution in [-0.2, 0) is 19.1 Å². The molecular weight excluding hydrogens is 296 g/mol. The lowest BCUT2D eigenvalue weighted by atomic mass is 10.1. The van der Waals surface area contributed by atoms with Crippen molar-refractivity contribution >= 4 is 35.5 Å². The Bertz CT molecular complexity index is 290. The van der Waals surface area contributed by atoms with E-state index in [1.807, 2.05) is 23.5 Å². The third-order valence-corrected chi connectivity index (χ3v) is 6.91. The number of carbonyl (C=O) groups is 2. The molecule has 0 atom stereocenters. The average Bonchev–Trinajstić information content (AvgIpc) is 2.47. The van der Waals surface area contributed by atoms with Crippen molar-refractivity contribution < 1.29 is 19.1 Å². The topological polar surface area (TPSA) is 52.6 Å². The summed E-state index contributed by atoms with van der Waals surface area (Å²) in [6.45, 7) is 0. The number of carbonyl (C=O) groups excluding carboxylic acids is 2. The van der Waals surface area contributed by atoms with Crippen LogP contribution in [0.15, 0.2) is 0 Å². The molecule has 0 N–H and O–H groups in total. The fourth-order valence-corrected chi connectivity index (χ4v) is 5.73. The Hall–Kier alpha value is -0.360. The van der Waals surface area contributed by atoms with Crippen LogP contribution in [0.1, 0.15) is 44.9 Å². The molecule has 0 aromatic heterocycles. The first-order valence-corrected chi connectivity index (χ1v) is 9.00. The predicted octanol–water partition coefficient (Wildman–Crippen LogP) is 3.24. The van der Waals surface area contributed by atoms with Crippen molar-refractivity contribution in [1.82, 2.24) is 0 Å². The molecule has 1 aliphatic heterocycles. The standard InChI is InChI=1S/C14H24O4S2/c1-17-12(15)6-3-8-14(19-10-5-11-20-14)9-4-7-13(16)18-2/h3-11H2,1-2H3. The molecule has 0 radical (unpaired) electrons. The molecule has 20 heavy (non-hydrogen) atoms. The van der Waals surface area contributed by atoms with Gasteiger partial charge in [-0.25, -0.2) is 0 Å². The Morgan fingerprint density at radius 1 is 0.950 bits per heavy atom. The molecule has 1 fully saturated rings. The van der Waals surface area contributed by atoms with E-state index in [9.17, 15) is 9.59 Å². The van der Waals surface area contributed by atoms with E-state index < -0.39 is 0 Å². The van der Waals surface area contributed by atoms with Crippen LogP contribution in [-0.4, -0.2) is 41.7 Å². The van der Waals surface area contributed by atoms with Crippen LogP contribution in [0, 0.1) is 0 Å². The van der Waals surface area contributed by atoms with E-state index in [0.717, 1.165) is 25.7 Å². The summed E-state index contributed by atoms with van der Waals surface area (Å²) in [5.41, 5.74) is 0. The maximum atomic E-state index is 11.2. The maximum absolute atomic E-state index is 11.2. The van der Waals surface area contributed by atoms with Crippen molar-refractivity contribution in [3.63, 3.8) is 0 Å². The van der Waals surface area contributed by atoms with E-state index in [0.29, 0.717) is 12.8 Å². The summed E-state index contributed by atoms with van der Waals surface area (Å²) in [6.07, 6.45) is 5.91. The number of hydrogen-bond acceptors (Lipinski definition) is 6. The molecule has 0 aromatic rings. The molecule has 1 heterocycles. The zero-order valence-corrected chi connectivity index (χ0v) is 13.9. The Morgan fingerprint density at radius 2 is 1.40 bits per heavy atom. The average molecular weight is 320 g/mol. The smallest absolute Gasteiger partial charge is 0.305 e. The fraction of sp³-hybridized carbons (Fsp3) is 0.857. The van der Waals surface area contributed by atoms with Gasteiger partial charge < -0.3 is 9.47 Å². The van der Waals surface area contributed by atoms with Gasteiger partial charge in [0.25, 0.3) is 0 Å². The van der Waals surface area contributed by atoms with Crippen molar-refractivity contribution in [2.75, 3.05) is 25.7 Å². The highest BCUT2D eigenvalue weighted by Gasteiger charge is 2.33. The zero-order valence-electron chi connectivity index (χ0n) is 12.3. The maximum Gasteiger partial charge on any atom is 0.305 e. The summed E-state index contributed by atoms with van der Waals surface area (Å²) in [7, 11) is 2.86. The SMILES string of the molecule is COC(=O)CCCC1(CCCC(=O)OC)SCCCS1. The normalized spacial score (nSPS) is 17.5. The van der Waals surface area contributed by atoms with Crippen molar-refractivity contribution in [1.29, 1.82) is 0 Å². The first kappa shape index (κ1) is 17.7. The summed E-state index contributed by atoms with van der Waals surface area (Å²) < 4.78 is 9.54. The van der Waals surface area contributed by atoms with Crippen LogP contribution in [0.2, 0.25) is 0 Å². The van der Waals surface area contributed by atoms with Gasteiger partial charge in [0.1, 0.15) is 0 Å². The molecule has 1 saturated heterocycles. The summed E-state index contributed by atoms with van der Waals surface area (Å²) in [5, 5.41) is 0. The third kappa shape index (κ3) is 6.39. The van der Waals surface area contributed by atoms with Gasteiger partial charge in [0.05, 0.1) is 18.3 Å². The second-order valence-corrected chi connectivity index (χ2v) is 8.04. The minimum atomic E-state index is -0.138. The lowest BCUT2D eigenvalue weighted by molar-refractivity contribution is -0.141. The molecule has 0 unspecified atom stereocenters. The van der Waals surface area contributed by atoms with E-state index in [4.69, 9.17) is 0 Å². The lowest BCUT2D eigenvalue weighted by Crippen LogP contribution is -2.26. The highest BCUT2D eigenvalue weighted by atomic mass is 32.2. The Kier molecular flexibility index (Phi) is 8.45. The highest BCUT2D eigenvalue weighted by Crippen LogP contribution is 2.49. The zero-order chi connectivity index (χ0) is 14.8. The van der Waals surface area contributed by atoms with Crippen LogP contribution in [0.4, 0.5) is 0 Å². The number of rotatable bonds is 8. The Labute approximate surface area is 129 Å². The summed E-state index contributed by atoms with van der Waals surface area (Å²) in [4.78, 5) is 22.4. The number of methoxy groups -OCH3 is 2. The van der Waals surface area contributed by atoms with Gasteiger partial charge in [-0.2, -0.15) is 0 Å². The molecule has 1 aliphatic rings. The fourth-order valence-electron chi connectivity index (χ4n) is 2.24. The van der Waals surface area contributed by atoms with Gasteiger partial charge in [-0.05, 0) is 43.6 Å². The number of thioether (sulfide) groups is 2. The monoisotopic (exact) mass is 320 g/mol. The van der Waals surface area contributed by atoms with Gasteiger partial charge in [-0.1, -0.05) is 0 Å². The van der Waals surface area contributed by atoms with E-state index in [1.54, 1.807) is 0 Å².